The number of aliphatic hydroxyl groups is 1. The Morgan fingerprint density at radius 1 is 1.45 bits per heavy atom. The fraction of sp³-hybridized carbons (Fsp3) is 0.615. The average molecular weight is 297 g/mol. The van der Waals surface area contributed by atoms with E-state index in [0.717, 1.165) is 5.75 Å². The third-order valence-corrected chi connectivity index (χ3v) is 4.73. The van der Waals surface area contributed by atoms with Crippen molar-refractivity contribution in [1.29, 1.82) is 0 Å². The second-order valence-corrected chi connectivity index (χ2v) is 6.96. The predicted octanol–water partition coefficient (Wildman–Crippen LogP) is 0.628. The molecule has 2 N–H and O–H groups in total. The average Bonchev–Trinajstić information content (AvgIpc) is 2.75. The van der Waals surface area contributed by atoms with Crippen molar-refractivity contribution in [1.82, 2.24) is 14.9 Å². The minimum Gasteiger partial charge on any atom is -0.388 e. The quantitative estimate of drug-likeness (QED) is 0.799. The van der Waals surface area contributed by atoms with E-state index in [4.69, 9.17) is 0 Å². The number of nitrogens with zero attached hydrogens (tertiary/aromatic N) is 2. The highest BCUT2D eigenvalue weighted by molar-refractivity contribution is 7.99. The first-order valence-electron chi connectivity index (χ1n) is 6.41. The van der Waals surface area contributed by atoms with Gasteiger partial charge in [-0.05, 0) is 27.7 Å². The molecule has 0 bridgehead atoms. The molecule has 1 aromatic heterocycles. The van der Waals surface area contributed by atoms with Crippen molar-refractivity contribution >= 4 is 17.7 Å². The van der Waals surface area contributed by atoms with Crippen LogP contribution in [-0.4, -0.2) is 37.5 Å². The summed E-state index contributed by atoms with van der Waals surface area (Å²) in [6.07, 6.45) is 1.31. The second-order valence-electron chi connectivity index (χ2n) is 5.90. The number of hydrogen-bond acceptors (Lipinski definition) is 5. The summed E-state index contributed by atoms with van der Waals surface area (Å²) in [5, 5.41) is 13.4. The topological polar surface area (TPSA) is 84.2 Å². The Kier molecular flexibility index (Phi) is 3.68. The summed E-state index contributed by atoms with van der Waals surface area (Å²) < 4.78 is 1.51. The standard InChI is InChI=1S/C13H19N3O3S/c1-12(2,13(3,4)19)15-9(17)8-7-14-11-16(10(8)18)5-6-20-11/h7,19H,5-6H2,1-4H3,(H,15,17). The summed E-state index contributed by atoms with van der Waals surface area (Å²) in [6, 6.07) is 0. The van der Waals surface area contributed by atoms with E-state index in [2.05, 4.69) is 10.3 Å². The summed E-state index contributed by atoms with van der Waals surface area (Å²) in [7, 11) is 0. The number of fused-ring (bicyclic) bond motifs is 1. The van der Waals surface area contributed by atoms with E-state index < -0.39 is 17.0 Å². The number of aromatic nitrogens is 2. The molecule has 1 aliphatic rings. The van der Waals surface area contributed by atoms with E-state index in [1.54, 1.807) is 27.7 Å². The number of carbonyl (C=O) groups is 1. The first-order valence-corrected chi connectivity index (χ1v) is 7.39. The highest BCUT2D eigenvalue weighted by Gasteiger charge is 2.37. The minimum atomic E-state index is -1.11. The van der Waals surface area contributed by atoms with Gasteiger partial charge in [-0.2, -0.15) is 0 Å². The molecule has 0 fully saturated rings. The fourth-order valence-corrected chi connectivity index (χ4v) is 2.59. The molecule has 6 nitrogen and oxygen atoms in total. The SMILES string of the molecule is CC(C)(O)C(C)(C)NC(=O)c1cnc2n(c1=O)CCS2. The van der Waals surface area contributed by atoms with Crippen molar-refractivity contribution < 1.29 is 9.90 Å². The number of nitrogens with one attached hydrogen (secondary N) is 1. The van der Waals surface area contributed by atoms with Gasteiger partial charge in [0.25, 0.3) is 11.5 Å². The maximum atomic E-state index is 12.2. The summed E-state index contributed by atoms with van der Waals surface area (Å²) in [5.74, 6) is 0.282. The van der Waals surface area contributed by atoms with E-state index in [0.29, 0.717) is 11.7 Å². The van der Waals surface area contributed by atoms with Crippen LogP contribution in [0.3, 0.4) is 0 Å². The molecule has 0 aliphatic carbocycles. The molecule has 1 aliphatic heterocycles. The number of rotatable bonds is 3. The maximum Gasteiger partial charge on any atom is 0.267 e. The molecule has 20 heavy (non-hydrogen) atoms. The molecule has 1 aromatic rings. The first kappa shape index (κ1) is 15.1. The van der Waals surface area contributed by atoms with Crippen LogP contribution in [0.25, 0.3) is 0 Å². The van der Waals surface area contributed by atoms with Gasteiger partial charge in [-0.3, -0.25) is 14.2 Å². The molecule has 1 amide bonds. The Hall–Kier alpha value is -1.34. The van der Waals surface area contributed by atoms with Gasteiger partial charge in [0.1, 0.15) is 5.56 Å². The number of thioether (sulfide) groups is 1. The lowest BCUT2D eigenvalue weighted by Crippen LogP contribution is -2.58. The zero-order valence-corrected chi connectivity index (χ0v) is 12.9. The van der Waals surface area contributed by atoms with Gasteiger partial charge in [-0.25, -0.2) is 4.98 Å². The van der Waals surface area contributed by atoms with Gasteiger partial charge >= 0.3 is 0 Å². The lowest BCUT2D eigenvalue weighted by molar-refractivity contribution is -0.00298. The Labute approximate surface area is 121 Å². The summed E-state index contributed by atoms with van der Waals surface area (Å²) >= 11 is 1.50. The van der Waals surface area contributed by atoms with Gasteiger partial charge in [0, 0.05) is 18.5 Å². The van der Waals surface area contributed by atoms with E-state index in [1.165, 1.54) is 22.5 Å². The van der Waals surface area contributed by atoms with E-state index in [9.17, 15) is 14.7 Å². The molecule has 2 rings (SSSR count). The first-order chi connectivity index (χ1) is 9.13. The van der Waals surface area contributed by atoms with Crippen LogP contribution in [0.4, 0.5) is 0 Å². The molecule has 110 valence electrons. The van der Waals surface area contributed by atoms with Crippen molar-refractivity contribution in [3.05, 3.63) is 22.1 Å². The van der Waals surface area contributed by atoms with E-state index >= 15 is 0 Å². The van der Waals surface area contributed by atoms with Crippen LogP contribution in [0.1, 0.15) is 38.1 Å². The highest BCUT2D eigenvalue weighted by atomic mass is 32.2. The van der Waals surface area contributed by atoms with Gasteiger partial charge in [0.05, 0.1) is 11.1 Å². The monoisotopic (exact) mass is 297 g/mol. The lowest BCUT2D eigenvalue weighted by atomic mass is 9.86. The molecule has 0 spiro atoms. The normalized spacial score (nSPS) is 15.1. The van der Waals surface area contributed by atoms with Crippen LogP contribution in [0.15, 0.2) is 16.1 Å². The minimum absolute atomic E-state index is 0.00794. The van der Waals surface area contributed by atoms with Gasteiger partial charge in [-0.15, -0.1) is 0 Å². The number of carbonyl (C=O) groups excluding carboxylic acids is 1. The molecule has 0 saturated carbocycles. The molecule has 0 radical (unpaired) electrons. The third kappa shape index (κ3) is 2.60. The molecular formula is C13H19N3O3S. The van der Waals surface area contributed by atoms with Gasteiger partial charge in [0.15, 0.2) is 5.16 Å². The molecule has 7 heteroatoms. The van der Waals surface area contributed by atoms with Crippen molar-refractivity contribution in [2.45, 2.75) is 50.5 Å². The molecule has 0 saturated heterocycles. The molecule has 0 aromatic carbocycles. The van der Waals surface area contributed by atoms with E-state index in [1.807, 2.05) is 0 Å². The summed E-state index contributed by atoms with van der Waals surface area (Å²) in [4.78, 5) is 28.6. The van der Waals surface area contributed by atoms with Crippen LogP contribution < -0.4 is 10.9 Å². The van der Waals surface area contributed by atoms with Crippen LogP contribution in [0.5, 0.6) is 0 Å². The smallest absolute Gasteiger partial charge is 0.267 e. The van der Waals surface area contributed by atoms with Crippen LogP contribution in [-0.2, 0) is 6.54 Å². The highest BCUT2D eigenvalue weighted by Crippen LogP contribution is 2.22. The molecule has 0 unspecified atom stereocenters. The Balaban J connectivity index is 2.30. The molecule has 2 heterocycles. The third-order valence-electron chi connectivity index (χ3n) is 3.76. The van der Waals surface area contributed by atoms with Crippen molar-refractivity contribution in [2.75, 3.05) is 5.75 Å². The van der Waals surface area contributed by atoms with Gasteiger partial charge in [0.2, 0.25) is 0 Å². The maximum absolute atomic E-state index is 12.2. The summed E-state index contributed by atoms with van der Waals surface area (Å²) in [6.45, 7) is 7.20. The number of amides is 1. The molecular weight excluding hydrogens is 278 g/mol. The Bertz CT molecular complexity index is 602. The zero-order valence-electron chi connectivity index (χ0n) is 12.1. The van der Waals surface area contributed by atoms with Crippen molar-refractivity contribution in [3.8, 4) is 0 Å². The largest absolute Gasteiger partial charge is 0.388 e. The van der Waals surface area contributed by atoms with Crippen molar-refractivity contribution in [3.63, 3.8) is 0 Å². The zero-order chi connectivity index (χ0) is 15.1. The van der Waals surface area contributed by atoms with Gasteiger partial charge < -0.3 is 10.4 Å². The lowest BCUT2D eigenvalue weighted by Gasteiger charge is -2.37. The van der Waals surface area contributed by atoms with Crippen molar-refractivity contribution in [2.24, 2.45) is 0 Å². The molecule has 0 atom stereocenters. The Morgan fingerprint density at radius 2 is 2.10 bits per heavy atom. The predicted molar refractivity (Wildman–Crippen MR) is 77.1 cm³/mol. The van der Waals surface area contributed by atoms with Gasteiger partial charge in [-0.1, -0.05) is 11.8 Å². The van der Waals surface area contributed by atoms with Crippen LogP contribution >= 0.6 is 11.8 Å². The van der Waals surface area contributed by atoms with Crippen LogP contribution in [0.2, 0.25) is 0 Å². The van der Waals surface area contributed by atoms with Crippen LogP contribution in [0, 0.1) is 0 Å². The fourth-order valence-electron chi connectivity index (χ4n) is 1.68. The number of hydrogen-bond donors (Lipinski definition) is 2. The Morgan fingerprint density at radius 3 is 2.70 bits per heavy atom. The summed E-state index contributed by atoms with van der Waals surface area (Å²) in [5.41, 5.74) is -2.30. The second kappa shape index (κ2) is 4.89. The van der Waals surface area contributed by atoms with E-state index in [-0.39, 0.29) is 11.1 Å².